The average Bonchev–Trinajstić information content (AvgIpc) is 1.97. The zero-order chi connectivity index (χ0) is 9.35. The van der Waals surface area contributed by atoms with Crippen LogP contribution in [0.3, 0.4) is 0 Å². The van der Waals surface area contributed by atoms with Gasteiger partial charge in [-0.15, -0.1) is 0 Å². The van der Waals surface area contributed by atoms with Gasteiger partial charge in [0.25, 0.3) is 0 Å². The molecule has 12 heavy (non-hydrogen) atoms. The van der Waals surface area contributed by atoms with Crippen LogP contribution in [0.5, 0.6) is 0 Å². The molecule has 0 bridgehead atoms. The fourth-order valence-corrected chi connectivity index (χ4v) is 1.42. The van der Waals surface area contributed by atoms with Gasteiger partial charge < -0.3 is 9.69 Å². The second-order valence-electron chi connectivity index (χ2n) is 4.12. The molecular weight excluding hydrogens is 154 g/mol. The summed E-state index contributed by atoms with van der Waals surface area (Å²) in [6.45, 7) is 6.81. The predicted molar refractivity (Wildman–Crippen MR) is 45.6 cm³/mol. The molecule has 0 unspecified atom stereocenters. The Balaban J connectivity index is 2.44. The van der Waals surface area contributed by atoms with Gasteiger partial charge in [-0.1, -0.05) is 13.8 Å². The number of likely N-dealkylation sites (tertiary alicyclic amines) is 1. The van der Waals surface area contributed by atoms with Crippen molar-refractivity contribution >= 4 is 12.2 Å². The molecule has 0 aliphatic carbocycles. The first-order valence-electron chi connectivity index (χ1n) is 4.24. The van der Waals surface area contributed by atoms with Crippen LogP contribution in [-0.4, -0.2) is 30.2 Å². The van der Waals surface area contributed by atoms with Crippen LogP contribution in [0.4, 0.5) is 0 Å². The predicted octanol–water partition coefficient (Wildman–Crippen LogP) is 0.690. The first kappa shape index (κ1) is 9.23. The number of carbonyl (C=O) groups excluding carboxylic acids is 2. The second kappa shape index (κ2) is 2.88. The quantitative estimate of drug-likeness (QED) is 0.570. The van der Waals surface area contributed by atoms with Crippen molar-refractivity contribution in [3.8, 4) is 0 Å². The van der Waals surface area contributed by atoms with Crippen molar-refractivity contribution < 1.29 is 9.59 Å². The minimum Gasteiger partial charge on any atom is -0.340 e. The summed E-state index contributed by atoms with van der Waals surface area (Å²) in [7, 11) is 0. The molecule has 1 rings (SSSR count). The van der Waals surface area contributed by atoms with E-state index >= 15 is 0 Å². The van der Waals surface area contributed by atoms with Crippen LogP contribution in [0.25, 0.3) is 0 Å². The van der Waals surface area contributed by atoms with E-state index in [0.29, 0.717) is 13.1 Å². The van der Waals surface area contributed by atoms with Gasteiger partial charge in [-0.3, -0.25) is 4.79 Å². The topological polar surface area (TPSA) is 37.4 Å². The summed E-state index contributed by atoms with van der Waals surface area (Å²) in [5.74, 6) is 0.190. The van der Waals surface area contributed by atoms with Gasteiger partial charge in [0.1, 0.15) is 6.29 Å². The molecule has 0 N–H and O–H groups in total. The molecule has 1 fully saturated rings. The molecular formula is C9H15NO2. The van der Waals surface area contributed by atoms with E-state index < -0.39 is 0 Å². The maximum absolute atomic E-state index is 11.3. The highest BCUT2D eigenvalue weighted by atomic mass is 16.2. The maximum Gasteiger partial charge on any atom is 0.225 e. The van der Waals surface area contributed by atoms with Crippen molar-refractivity contribution in [1.29, 1.82) is 0 Å². The molecule has 1 saturated heterocycles. The molecule has 3 nitrogen and oxygen atoms in total. The summed E-state index contributed by atoms with van der Waals surface area (Å²) in [5, 5.41) is 0. The Hall–Kier alpha value is -0.860. The molecule has 68 valence electrons. The third-order valence-electron chi connectivity index (χ3n) is 2.19. The molecule has 0 radical (unpaired) electrons. The fraction of sp³-hybridized carbons (Fsp3) is 0.778. The molecule has 3 heteroatoms. The minimum atomic E-state index is -0.273. The molecule has 1 heterocycles. The molecule has 1 aliphatic rings. The number of amides is 1. The lowest BCUT2D eigenvalue weighted by atomic mass is 9.83. The van der Waals surface area contributed by atoms with Crippen LogP contribution in [0.2, 0.25) is 0 Å². The number of carbonyl (C=O) groups is 2. The summed E-state index contributed by atoms with van der Waals surface area (Å²) in [6.07, 6.45) is 0.942. The zero-order valence-electron chi connectivity index (χ0n) is 7.83. The maximum atomic E-state index is 11.3. The second-order valence-corrected chi connectivity index (χ2v) is 4.12. The Morgan fingerprint density at radius 2 is 2.00 bits per heavy atom. The molecule has 0 aromatic carbocycles. The summed E-state index contributed by atoms with van der Waals surface area (Å²) < 4.78 is 0. The Morgan fingerprint density at radius 1 is 1.50 bits per heavy atom. The van der Waals surface area contributed by atoms with Crippen molar-refractivity contribution in [2.75, 3.05) is 13.1 Å². The first-order valence-corrected chi connectivity index (χ1v) is 4.24. The minimum absolute atomic E-state index is 0.0428. The van der Waals surface area contributed by atoms with Gasteiger partial charge in [0.2, 0.25) is 5.91 Å². The van der Waals surface area contributed by atoms with Gasteiger partial charge in [-0.2, -0.15) is 0 Å². The van der Waals surface area contributed by atoms with Crippen molar-refractivity contribution in [2.24, 2.45) is 11.3 Å². The molecule has 0 saturated carbocycles. The Kier molecular flexibility index (Phi) is 2.22. The highest BCUT2D eigenvalue weighted by molar-refractivity contribution is 5.81. The molecule has 1 aliphatic heterocycles. The summed E-state index contributed by atoms with van der Waals surface area (Å²) >= 11 is 0. The van der Waals surface area contributed by atoms with Crippen molar-refractivity contribution in [2.45, 2.75) is 20.8 Å². The van der Waals surface area contributed by atoms with Gasteiger partial charge in [0, 0.05) is 19.0 Å². The molecule has 0 spiro atoms. The van der Waals surface area contributed by atoms with E-state index in [1.165, 1.54) is 0 Å². The summed E-state index contributed by atoms with van der Waals surface area (Å²) in [6, 6.07) is 0. The molecule has 0 atom stereocenters. The van der Waals surface area contributed by atoms with Crippen LogP contribution in [0.15, 0.2) is 0 Å². The summed E-state index contributed by atoms with van der Waals surface area (Å²) in [5.41, 5.74) is -0.273. The van der Waals surface area contributed by atoms with E-state index in [1.807, 2.05) is 20.8 Å². The standard InChI is InChI=1S/C9H15NO2/c1-7(2)8(12)10-4-9(3,5-10)6-11/h6-7H,4-5H2,1-3H3. The highest BCUT2D eigenvalue weighted by Gasteiger charge is 2.41. The Labute approximate surface area is 72.7 Å². The van der Waals surface area contributed by atoms with Crippen LogP contribution in [0.1, 0.15) is 20.8 Å². The number of hydrogen-bond donors (Lipinski definition) is 0. The molecule has 0 aromatic rings. The SMILES string of the molecule is CC(C)C(=O)N1CC(C)(C=O)C1. The van der Waals surface area contributed by atoms with Gasteiger partial charge in [0.15, 0.2) is 0 Å². The van der Waals surface area contributed by atoms with E-state index in [1.54, 1.807) is 4.90 Å². The zero-order valence-corrected chi connectivity index (χ0v) is 7.83. The smallest absolute Gasteiger partial charge is 0.225 e. The van der Waals surface area contributed by atoms with Crippen LogP contribution in [-0.2, 0) is 9.59 Å². The van der Waals surface area contributed by atoms with Gasteiger partial charge in [0.05, 0.1) is 5.41 Å². The Morgan fingerprint density at radius 3 is 2.33 bits per heavy atom. The van der Waals surface area contributed by atoms with Gasteiger partial charge in [-0.25, -0.2) is 0 Å². The first-order chi connectivity index (χ1) is 5.48. The van der Waals surface area contributed by atoms with Crippen LogP contribution >= 0.6 is 0 Å². The van der Waals surface area contributed by atoms with Crippen molar-refractivity contribution in [3.05, 3.63) is 0 Å². The van der Waals surface area contributed by atoms with E-state index in [-0.39, 0.29) is 17.2 Å². The molecule has 1 amide bonds. The van der Waals surface area contributed by atoms with Crippen LogP contribution < -0.4 is 0 Å². The van der Waals surface area contributed by atoms with Gasteiger partial charge in [-0.05, 0) is 6.92 Å². The lowest BCUT2D eigenvalue weighted by Crippen LogP contribution is -2.58. The lowest BCUT2D eigenvalue weighted by Gasteiger charge is -2.45. The number of nitrogens with zero attached hydrogens (tertiary/aromatic N) is 1. The van der Waals surface area contributed by atoms with E-state index in [9.17, 15) is 9.59 Å². The largest absolute Gasteiger partial charge is 0.340 e. The third-order valence-corrected chi connectivity index (χ3v) is 2.19. The third kappa shape index (κ3) is 1.49. The van der Waals surface area contributed by atoms with E-state index in [4.69, 9.17) is 0 Å². The normalized spacial score (nSPS) is 20.5. The number of hydrogen-bond acceptors (Lipinski definition) is 2. The van der Waals surface area contributed by atoms with E-state index in [2.05, 4.69) is 0 Å². The lowest BCUT2D eigenvalue weighted by molar-refractivity contribution is -0.148. The van der Waals surface area contributed by atoms with Gasteiger partial charge >= 0.3 is 0 Å². The van der Waals surface area contributed by atoms with E-state index in [0.717, 1.165) is 6.29 Å². The Bertz CT molecular complexity index is 205. The fourth-order valence-electron chi connectivity index (χ4n) is 1.42. The number of rotatable bonds is 2. The van der Waals surface area contributed by atoms with Crippen LogP contribution in [0, 0.1) is 11.3 Å². The van der Waals surface area contributed by atoms with Crippen molar-refractivity contribution in [1.82, 2.24) is 4.90 Å². The monoisotopic (exact) mass is 169 g/mol. The van der Waals surface area contributed by atoms with Crippen molar-refractivity contribution in [3.63, 3.8) is 0 Å². The highest BCUT2D eigenvalue weighted by Crippen LogP contribution is 2.28. The molecule has 0 aromatic heterocycles. The number of aldehydes is 1. The summed E-state index contributed by atoms with van der Waals surface area (Å²) in [4.78, 5) is 23.6. The average molecular weight is 169 g/mol.